The van der Waals surface area contributed by atoms with E-state index in [1.54, 1.807) is 13.0 Å². The van der Waals surface area contributed by atoms with Gasteiger partial charge in [-0.1, -0.05) is 18.2 Å². The highest BCUT2D eigenvalue weighted by Crippen LogP contribution is 2.13. The summed E-state index contributed by atoms with van der Waals surface area (Å²) in [7, 11) is 1.38. The molecule has 1 aromatic rings. The summed E-state index contributed by atoms with van der Waals surface area (Å²) >= 11 is 0. The molecule has 0 aromatic heterocycles. The van der Waals surface area contributed by atoms with Crippen molar-refractivity contribution in [1.82, 2.24) is 0 Å². The molecule has 0 fully saturated rings. The van der Waals surface area contributed by atoms with Gasteiger partial charge < -0.3 is 9.84 Å². The first-order valence-electron chi connectivity index (χ1n) is 5.49. The van der Waals surface area contributed by atoms with Crippen molar-refractivity contribution in [2.45, 2.75) is 32.3 Å². The predicted molar refractivity (Wildman–Crippen MR) is 62.4 cm³/mol. The van der Waals surface area contributed by atoms with E-state index < -0.39 is 0 Å². The Bertz CT molecular complexity index is 345. The Kier molecular flexibility index (Phi) is 4.99. The second kappa shape index (κ2) is 6.28. The molecule has 0 saturated heterocycles. The van der Waals surface area contributed by atoms with Gasteiger partial charge in [-0.15, -0.1) is 0 Å². The molecule has 1 N–H and O–H groups in total. The zero-order chi connectivity index (χ0) is 12.0. The van der Waals surface area contributed by atoms with E-state index in [0.717, 1.165) is 24.8 Å². The number of aliphatic hydroxyl groups excluding tert-OH is 1. The first-order valence-corrected chi connectivity index (χ1v) is 5.49. The Morgan fingerprint density at radius 1 is 1.44 bits per heavy atom. The van der Waals surface area contributed by atoms with Crippen LogP contribution in [0.25, 0.3) is 0 Å². The smallest absolute Gasteiger partial charge is 0.338 e. The Hall–Kier alpha value is -1.35. The van der Waals surface area contributed by atoms with Gasteiger partial charge in [0.15, 0.2) is 0 Å². The van der Waals surface area contributed by atoms with Gasteiger partial charge in [0.25, 0.3) is 0 Å². The summed E-state index contributed by atoms with van der Waals surface area (Å²) in [5, 5.41) is 9.16. The Morgan fingerprint density at radius 2 is 2.12 bits per heavy atom. The van der Waals surface area contributed by atoms with Crippen LogP contribution in [0, 0.1) is 0 Å². The maximum absolute atomic E-state index is 11.5. The van der Waals surface area contributed by atoms with Crippen molar-refractivity contribution in [3.8, 4) is 0 Å². The third kappa shape index (κ3) is 3.66. The lowest BCUT2D eigenvalue weighted by molar-refractivity contribution is 0.0599. The van der Waals surface area contributed by atoms with E-state index >= 15 is 0 Å². The summed E-state index contributed by atoms with van der Waals surface area (Å²) < 4.78 is 4.72. The Morgan fingerprint density at radius 3 is 2.75 bits per heavy atom. The van der Waals surface area contributed by atoms with Crippen LogP contribution in [0.3, 0.4) is 0 Å². The van der Waals surface area contributed by atoms with E-state index in [9.17, 15) is 4.79 Å². The molecule has 1 rings (SSSR count). The molecule has 0 aliphatic rings. The van der Waals surface area contributed by atoms with Crippen molar-refractivity contribution in [3.05, 3.63) is 35.4 Å². The monoisotopic (exact) mass is 222 g/mol. The molecule has 1 aromatic carbocycles. The Balaban J connectivity index is 2.67. The summed E-state index contributed by atoms with van der Waals surface area (Å²) in [5.41, 5.74) is 1.60. The number of ether oxygens (including phenoxy) is 1. The van der Waals surface area contributed by atoms with Crippen molar-refractivity contribution in [3.63, 3.8) is 0 Å². The lowest BCUT2D eigenvalue weighted by atomic mass is 10.0. The molecule has 16 heavy (non-hydrogen) atoms. The molecule has 0 spiro atoms. The molecule has 0 heterocycles. The summed E-state index contributed by atoms with van der Waals surface area (Å²) in [5.74, 6) is -0.298. The van der Waals surface area contributed by atoms with E-state index in [2.05, 4.69) is 0 Å². The average Bonchev–Trinajstić information content (AvgIpc) is 2.28. The number of aliphatic hydroxyl groups is 1. The second-order valence-corrected chi connectivity index (χ2v) is 3.89. The highest BCUT2D eigenvalue weighted by Gasteiger charge is 2.10. The van der Waals surface area contributed by atoms with Crippen LogP contribution < -0.4 is 0 Å². The van der Waals surface area contributed by atoms with Crippen LogP contribution in [0.15, 0.2) is 24.3 Å². The molecule has 3 nitrogen and oxygen atoms in total. The fraction of sp³-hybridized carbons (Fsp3) is 0.462. The average molecular weight is 222 g/mol. The van der Waals surface area contributed by atoms with Crippen LogP contribution in [-0.4, -0.2) is 24.3 Å². The van der Waals surface area contributed by atoms with Gasteiger partial charge in [0.05, 0.1) is 18.8 Å². The van der Waals surface area contributed by atoms with E-state index in [1.165, 1.54) is 7.11 Å². The first-order chi connectivity index (χ1) is 7.65. The van der Waals surface area contributed by atoms with Crippen molar-refractivity contribution < 1.29 is 14.6 Å². The number of hydrogen-bond acceptors (Lipinski definition) is 3. The molecule has 0 bridgehead atoms. The highest BCUT2D eigenvalue weighted by molar-refractivity contribution is 5.90. The van der Waals surface area contributed by atoms with E-state index in [1.807, 2.05) is 18.2 Å². The molecule has 3 heteroatoms. The fourth-order valence-electron chi connectivity index (χ4n) is 1.64. The van der Waals surface area contributed by atoms with Crippen LogP contribution in [0.5, 0.6) is 0 Å². The van der Waals surface area contributed by atoms with Gasteiger partial charge in [-0.2, -0.15) is 0 Å². The van der Waals surface area contributed by atoms with Gasteiger partial charge in [0.2, 0.25) is 0 Å². The maximum Gasteiger partial charge on any atom is 0.338 e. The number of rotatable bonds is 5. The van der Waals surface area contributed by atoms with Gasteiger partial charge in [-0.3, -0.25) is 0 Å². The quantitative estimate of drug-likeness (QED) is 0.777. The molecule has 1 unspecified atom stereocenters. The molecule has 0 aliphatic carbocycles. The predicted octanol–water partition coefficient (Wildman–Crippen LogP) is 2.18. The van der Waals surface area contributed by atoms with Crippen LogP contribution in [0.1, 0.15) is 35.7 Å². The normalized spacial score (nSPS) is 12.2. The van der Waals surface area contributed by atoms with Crippen molar-refractivity contribution in [1.29, 1.82) is 0 Å². The number of benzene rings is 1. The van der Waals surface area contributed by atoms with Crippen molar-refractivity contribution in [2.24, 2.45) is 0 Å². The topological polar surface area (TPSA) is 46.5 Å². The lowest BCUT2D eigenvalue weighted by Gasteiger charge is -2.08. The second-order valence-electron chi connectivity index (χ2n) is 3.89. The number of hydrogen-bond donors (Lipinski definition) is 1. The van der Waals surface area contributed by atoms with E-state index in [0.29, 0.717) is 5.56 Å². The van der Waals surface area contributed by atoms with Gasteiger partial charge in [0, 0.05) is 0 Å². The van der Waals surface area contributed by atoms with Crippen LogP contribution in [0.4, 0.5) is 0 Å². The largest absolute Gasteiger partial charge is 0.465 e. The van der Waals surface area contributed by atoms with Crippen LogP contribution in [0.2, 0.25) is 0 Å². The van der Waals surface area contributed by atoms with Crippen molar-refractivity contribution >= 4 is 5.97 Å². The highest BCUT2D eigenvalue weighted by atomic mass is 16.5. The molecule has 0 saturated carbocycles. The van der Waals surface area contributed by atoms with Gasteiger partial charge in [-0.25, -0.2) is 4.79 Å². The summed E-state index contributed by atoms with van der Waals surface area (Å²) in [6, 6.07) is 7.42. The Labute approximate surface area is 96.1 Å². The zero-order valence-corrected chi connectivity index (χ0v) is 9.77. The maximum atomic E-state index is 11.5. The van der Waals surface area contributed by atoms with Crippen LogP contribution >= 0.6 is 0 Å². The number of esters is 1. The molecule has 1 atom stereocenters. The molecular weight excluding hydrogens is 204 g/mol. The van der Waals surface area contributed by atoms with Gasteiger partial charge in [-0.05, 0) is 37.8 Å². The lowest BCUT2D eigenvalue weighted by Crippen LogP contribution is -2.06. The SMILES string of the molecule is COC(=O)c1ccccc1CCCC(C)O. The summed E-state index contributed by atoms with van der Waals surface area (Å²) in [6.07, 6.45) is 2.11. The minimum Gasteiger partial charge on any atom is -0.465 e. The summed E-state index contributed by atoms with van der Waals surface area (Å²) in [6.45, 7) is 1.77. The van der Waals surface area contributed by atoms with Crippen LogP contribution in [-0.2, 0) is 11.2 Å². The van der Waals surface area contributed by atoms with Gasteiger partial charge >= 0.3 is 5.97 Å². The standard InChI is InChI=1S/C13H18O3/c1-10(14)6-5-8-11-7-3-4-9-12(11)13(15)16-2/h3-4,7,9-10,14H,5-6,8H2,1-2H3. The van der Waals surface area contributed by atoms with E-state index in [-0.39, 0.29) is 12.1 Å². The van der Waals surface area contributed by atoms with E-state index in [4.69, 9.17) is 9.84 Å². The van der Waals surface area contributed by atoms with Gasteiger partial charge in [0.1, 0.15) is 0 Å². The molecular formula is C13H18O3. The molecule has 0 aliphatic heterocycles. The van der Waals surface area contributed by atoms with Crippen molar-refractivity contribution in [2.75, 3.05) is 7.11 Å². The molecule has 88 valence electrons. The minimum absolute atomic E-state index is 0.287. The number of aryl methyl sites for hydroxylation is 1. The zero-order valence-electron chi connectivity index (χ0n) is 9.77. The minimum atomic E-state index is -0.298. The number of carbonyl (C=O) groups is 1. The first kappa shape index (κ1) is 12.7. The fourth-order valence-corrected chi connectivity index (χ4v) is 1.64. The molecule has 0 radical (unpaired) electrons. The third-order valence-corrected chi connectivity index (χ3v) is 2.49. The number of carbonyl (C=O) groups excluding carboxylic acids is 1. The summed E-state index contributed by atoms with van der Waals surface area (Å²) in [4.78, 5) is 11.5. The third-order valence-electron chi connectivity index (χ3n) is 2.49. The number of methoxy groups -OCH3 is 1. The molecule has 0 amide bonds.